The number of piperazine rings is 1. The second kappa shape index (κ2) is 7.91. The van der Waals surface area contributed by atoms with Gasteiger partial charge in [-0.05, 0) is 36.2 Å². The number of hydrogen-bond donors (Lipinski definition) is 0. The van der Waals surface area contributed by atoms with Gasteiger partial charge in [0.1, 0.15) is 5.82 Å². The smallest absolute Gasteiger partial charge is 0.223 e. The van der Waals surface area contributed by atoms with Gasteiger partial charge in [-0.2, -0.15) is 5.26 Å². The summed E-state index contributed by atoms with van der Waals surface area (Å²) < 4.78 is 26.1. The summed E-state index contributed by atoms with van der Waals surface area (Å²) in [5.41, 5.74) is 1.16. The van der Waals surface area contributed by atoms with Gasteiger partial charge < -0.3 is 9.80 Å². The first-order chi connectivity index (χ1) is 12.6. The van der Waals surface area contributed by atoms with E-state index in [0.717, 1.165) is 18.0 Å². The molecule has 0 N–H and O–H groups in total. The van der Waals surface area contributed by atoms with Crippen molar-refractivity contribution in [3.05, 3.63) is 59.3 Å². The number of nitrogens with zero attached hydrogens (tertiary/aromatic N) is 4. The van der Waals surface area contributed by atoms with Gasteiger partial charge in [0.2, 0.25) is 5.91 Å². The number of carbonyl (C=O) groups is 1. The predicted octanol–water partition coefficient (Wildman–Crippen LogP) is 2.51. The topological polar surface area (TPSA) is 60.2 Å². The molecular weight excluding hydrogens is 338 g/mol. The molecule has 0 unspecified atom stereocenters. The maximum atomic E-state index is 13.2. The Kier molecular flexibility index (Phi) is 5.42. The summed E-state index contributed by atoms with van der Waals surface area (Å²) in [6.45, 7) is 2.40. The van der Waals surface area contributed by atoms with Crippen LogP contribution in [0.1, 0.15) is 17.5 Å². The molecule has 1 aromatic carbocycles. The Bertz CT molecular complexity index is 842. The molecule has 1 saturated heterocycles. The van der Waals surface area contributed by atoms with Crippen LogP contribution in [0.3, 0.4) is 0 Å². The number of carbonyl (C=O) groups excluding carboxylic acids is 1. The monoisotopic (exact) mass is 356 g/mol. The standard InChI is InChI=1S/C19H18F2N4O/c20-16-3-1-14(11-17(16)21)2-4-19(26)25-9-7-24(8-10-25)18-12-15(13-22)5-6-23-18/h1,3,5-6,11-12H,2,4,7-10H2. The van der Waals surface area contributed by atoms with E-state index in [2.05, 4.69) is 11.1 Å². The maximum absolute atomic E-state index is 13.2. The van der Waals surface area contributed by atoms with Crippen LogP contribution in [0.5, 0.6) is 0 Å². The van der Waals surface area contributed by atoms with Gasteiger partial charge in [-0.15, -0.1) is 0 Å². The number of aryl methyl sites for hydroxylation is 1. The van der Waals surface area contributed by atoms with Gasteiger partial charge in [-0.3, -0.25) is 4.79 Å². The van der Waals surface area contributed by atoms with Crippen LogP contribution in [0, 0.1) is 23.0 Å². The fourth-order valence-corrected chi connectivity index (χ4v) is 2.95. The van der Waals surface area contributed by atoms with E-state index in [0.29, 0.717) is 43.7 Å². The highest BCUT2D eigenvalue weighted by Crippen LogP contribution is 2.16. The first-order valence-electron chi connectivity index (χ1n) is 8.39. The minimum absolute atomic E-state index is 0.00637. The third kappa shape index (κ3) is 4.14. The number of hydrogen-bond acceptors (Lipinski definition) is 4. The molecule has 5 nitrogen and oxygen atoms in total. The third-order valence-corrected chi connectivity index (χ3v) is 4.44. The molecule has 2 aromatic rings. The number of benzene rings is 1. The van der Waals surface area contributed by atoms with Gasteiger partial charge >= 0.3 is 0 Å². The molecule has 1 aromatic heterocycles. The number of pyridine rings is 1. The zero-order valence-corrected chi connectivity index (χ0v) is 14.2. The van der Waals surface area contributed by atoms with E-state index in [1.807, 2.05) is 4.90 Å². The average molecular weight is 356 g/mol. The lowest BCUT2D eigenvalue weighted by molar-refractivity contribution is -0.131. The summed E-state index contributed by atoms with van der Waals surface area (Å²) in [6.07, 6.45) is 2.24. The summed E-state index contributed by atoms with van der Waals surface area (Å²) in [7, 11) is 0. The second-order valence-corrected chi connectivity index (χ2v) is 6.13. The van der Waals surface area contributed by atoms with Gasteiger partial charge in [-0.25, -0.2) is 13.8 Å². The number of nitriles is 1. The van der Waals surface area contributed by atoms with Crippen LogP contribution in [0.4, 0.5) is 14.6 Å². The Hall–Kier alpha value is -3.01. The van der Waals surface area contributed by atoms with E-state index in [4.69, 9.17) is 5.26 Å². The molecule has 1 amide bonds. The highest BCUT2D eigenvalue weighted by Gasteiger charge is 2.22. The van der Waals surface area contributed by atoms with Crippen molar-refractivity contribution < 1.29 is 13.6 Å². The summed E-state index contributed by atoms with van der Waals surface area (Å²) >= 11 is 0. The summed E-state index contributed by atoms with van der Waals surface area (Å²) in [5, 5.41) is 8.97. The number of amides is 1. The van der Waals surface area contributed by atoms with Crippen molar-refractivity contribution in [1.29, 1.82) is 5.26 Å². The van der Waals surface area contributed by atoms with Crippen molar-refractivity contribution in [3.8, 4) is 6.07 Å². The molecule has 1 aliphatic heterocycles. The van der Waals surface area contributed by atoms with Gasteiger partial charge in [-0.1, -0.05) is 6.07 Å². The number of rotatable bonds is 4. The molecule has 3 rings (SSSR count). The molecule has 0 aliphatic carbocycles. The van der Waals surface area contributed by atoms with Gasteiger partial charge in [0, 0.05) is 38.8 Å². The van der Waals surface area contributed by atoms with Crippen LogP contribution in [0.15, 0.2) is 36.5 Å². The highest BCUT2D eigenvalue weighted by molar-refractivity contribution is 5.76. The van der Waals surface area contributed by atoms with Gasteiger partial charge in [0.25, 0.3) is 0 Å². The molecule has 134 valence electrons. The zero-order valence-electron chi connectivity index (χ0n) is 14.2. The Labute approximate surface area is 150 Å². The Balaban J connectivity index is 1.51. The minimum Gasteiger partial charge on any atom is -0.353 e. The molecule has 26 heavy (non-hydrogen) atoms. The van der Waals surface area contributed by atoms with Crippen LogP contribution >= 0.6 is 0 Å². The molecule has 0 saturated carbocycles. The van der Waals surface area contributed by atoms with Crippen molar-refractivity contribution in [3.63, 3.8) is 0 Å². The van der Waals surface area contributed by atoms with Crippen molar-refractivity contribution in [2.45, 2.75) is 12.8 Å². The molecule has 7 heteroatoms. The van der Waals surface area contributed by atoms with E-state index >= 15 is 0 Å². The molecule has 0 atom stereocenters. The van der Waals surface area contributed by atoms with E-state index < -0.39 is 11.6 Å². The largest absolute Gasteiger partial charge is 0.353 e. The Morgan fingerprint density at radius 2 is 1.88 bits per heavy atom. The molecule has 0 spiro atoms. The first kappa shape index (κ1) is 17.8. The fourth-order valence-electron chi connectivity index (χ4n) is 2.95. The van der Waals surface area contributed by atoms with Crippen LogP contribution in [-0.2, 0) is 11.2 Å². The van der Waals surface area contributed by atoms with Crippen molar-refractivity contribution >= 4 is 11.7 Å². The van der Waals surface area contributed by atoms with E-state index in [1.165, 1.54) is 6.07 Å². The predicted molar refractivity (Wildman–Crippen MR) is 92.4 cm³/mol. The van der Waals surface area contributed by atoms with Gasteiger partial charge in [0.15, 0.2) is 11.6 Å². The van der Waals surface area contributed by atoms with Crippen molar-refractivity contribution in [2.75, 3.05) is 31.1 Å². The lowest BCUT2D eigenvalue weighted by Crippen LogP contribution is -2.49. The van der Waals surface area contributed by atoms with Crippen LogP contribution in [0.2, 0.25) is 0 Å². The maximum Gasteiger partial charge on any atom is 0.223 e. The van der Waals surface area contributed by atoms with Gasteiger partial charge in [0.05, 0.1) is 11.6 Å². The molecule has 1 aliphatic rings. The normalized spacial score (nSPS) is 14.2. The SMILES string of the molecule is N#Cc1ccnc(N2CCN(C(=O)CCc3ccc(F)c(F)c3)CC2)c1. The zero-order chi connectivity index (χ0) is 18.5. The summed E-state index contributed by atoms with van der Waals surface area (Å²) in [4.78, 5) is 20.4. The van der Waals surface area contributed by atoms with Crippen molar-refractivity contribution in [1.82, 2.24) is 9.88 Å². The second-order valence-electron chi connectivity index (χ2n) is 6.13. The number of halogens is 2. The lowest BCUT2D eigenvalue weighted by Gasteiger charge is -2.35. The van der Waals surface area contributed by atoms with Crippen LogP contribution < -0.4 is 4.90 Å². The van der Waals surface area contributed by atoms with E-state index in [-0.39, 0.29) is 12.3 Å². The molecule has 0 radical (unpaired) electrons. The Morgan fingerprint density at radius 1 is 1.12 bits per heavy atom. The quantitative estimate of drug-likeness (QED) is 0.845. The highest BCUT2D eigenvalue weighted by atomic mass is 19.2. The van der Waals surface area contributed by atoms with E-state index in [9.17, 15) is 13.6 Å². The summed E-state index contributed by atoms with van der Waals surface area (Å²) in [5.74, 6) is -1.05. The van der Waals surface area contributed by atoms with Crippen LogP contribution in [-0.4, -0.2) is 42.0 Å². The number of anilines is 1. The molecule has 0 bridgehead atoms. The molecule has 1 fully saturated rings. The number of aromatic nitrogens is 1. The Morgan fingerprint density at radius 3 is 2.58 bits per heavy atom. The molecular formula is C19H18F2N4O. The lowest BCUT2D eigenvalue weighted by atomic mass is 10.1. The summed E-state index contributed by atoms with van der Waals surface area (Å²) in [6, 6.07) is 9.19. The van der Waals surface area contributed by atoms with Crippen molar-refractivity contribution in [2.24, 2.45) is 0 Å². The van der Waals surface area contributed by atoms with E-state index in [1.54, 1.807) is 23.2 Å². The first-order valence-corrected chi connectivity index (χ1v) is 8.39. The fraction of sp³-hybridized carbons (Fsp3) is 0.316. The third-order valence-electron chi connectivity index (χ3n) is 4.44. The molecule has 2 heterocycles. The average Bonchev–Trinajstić information content (AvgIpc) is 2.69. The van der Waals surface area contributed by atoms with Crippen LogP contribution in [0.25, 0.3) is 0 Å². The minimum atomic E-state index is -0.893.